The van der Waals surface area contributed by atoms with Crippen LogP contribution in [0.3, 0.4) is 0 Å². The number of amides is 2. The topological polar surface area (TPSA) is 87.2 Å². The van der Waals surface area contributed by atoms with E-state index >= 15 is 0 Å². The number of benzene rings is 2. The van der Waals surface area contributed by atoms with Gasteiger partial charge < -0.3 is 10.6 Å². The van der Waals surface area contributed by atoms with E-state index < -0.39 is 0 Å². The SMILES string of the molecule is O=C(Nc1nccnc1C(=O)NC1CCN(Cc2ccccc2)CC1)c1ccccc1. The number of aromatic nitrogens is 2. The van der Waals surface area contributed by atoms with Crippen molar-refractivity contribution in [1.29, 1.82) is 0 Å². The Kier molecular flexibility index (Phi) is 6.64. The van der Waals surface area contributed by atoms with Gasteiger partial charge in [-0.25, -0.2) is 9.97 Å². The molecule has 1 saturated heterocycles. The minimum Gasteiger partial charge on any atom is -0.348 e. The molecule has 2 N–H and O–H groups in total. The third-order valence-corrected chi connectivity index (χ3v) is 5.35. The number of hydrogen-bond acceptors (Lipinski definition) is 5. The second-order valence-corrected chi connectivity index (χ2v) is 7.58. The minimum atomic E-state index is -0.329. The lowest BCUT2D eigenvalue weighted by Crippen LogP contribution is -2.44. The summed E-state index contributed by atoms with van der Waals surface area (Å²) in [6.45, 7) is 2.75. The second-order valence-electron chi connectivity index (χ2n) is 7.58. The lowest BCUT2D eigenvalue weighted by molar-refractivity contribution is 0.0904. The largest absolute Gasteiger partial charge is 0.348 e. The van der Waals surface area contributed by atoms with Crippen LogP contribution in [-0.2, 0) is 6.54 Å². The van der Waals surface area contributed by atoms with E-state index in [-0.39, 0.29) is 29.4 Å². The molecule has 2 amide bonds. The Morgan fingerprint density at radius 2 is 1.52 bits per heavy atom. The summed E-state index contributed by atoms with van der Waals surface area (Å²) >= 11 is 0. The molecule has 1 aromatic heterocycles. The van der Waals surface area contributed by atoms with E-state index in [0.717, 1.165) is 32.5 Å². The van der Waals surface area contributed by atoms with Crippen molar-refractivity contribution in [3.63, 3.8) is 0 Å². The Bertz CT molecular complexity index is 1020. The molecule has 0 atom stereocenters. The fraction of sp³-hybridized carbons (Fsp3) is 0.250. The van der Waals surface area contributed by atoms with Gasteiger partial charge in [-0.05, 0) is 30.5 Å². The third-order valence-electron chi connectivity index (χ3n) is 5.35. The first-order valence-electron chi connectivity index (χ1n) is 10.4. The summed E-state index contributed by atoms with van der Waals surface area (Å²) in [6, 6.07) is 19.3. The molecular formula is C24H25N5O2. The standard InChI is InChI=1S/C24H25N5O2/c30-23(19-9-5-2-6-10-19)28-22-21(25-13-14-26-22)24(31)27-20-11-15-29(16-12-20)17-18-7-3-1-4-8-18/h1-10,13-14,20H,11-12,15-17H2,(H,27,31)(H,26,28,30). The van der Waals surface area contributed by atoms with Gasteiger partial charge in [-0.1, -0.05) is 48.5 Å². The van der Waals surface area contributed by atoms with Gasteiger partial charge in [0.05, 0.1) is 0 Å². The van der Waals surface area contributed by atoms with Crippen molar-refractivity contribution in [1.82, 2.24) is 20.2 Å². The summed E-state index contributed by atoms with van der Waals surface area (Å²) < 4.78 is 0. The van der Waals surface area contributed by atoms with Crippen LogP contribution in [0.1, 0.15) is 39.3 Å². The molecular weight excluding hydrogens is 390 g/mol. The van der Waals surface area contributed by atoms with Gasteiger partial charge in [0, 0.05) is 43.6 Å². The molecule has 1 aliphatic rings. The van der Waals surface area contributed by atoms with Gasteiger partial charge >= 0.3 is 0 Å². The molecule has 31 heavy (non-hydrogen) atoms. The molecule has 2 aromatic carbocycles. The normalized spacial score (nSPS) is 14.7. The molecule has 4 rings (SSSR count). The monoisotopic (exact) mass is 415 g/mol. The molecule has 1 aliphatic heterocycles. The van der Waals surface area contributed by atoms with Crippen LogP contribution in [0.15, 0.2) is 73.1 Å². The van der Waals surface area contributed by atoms with Crippen molar-refractivity contribution in [3.05, 3.63) is 89.9 Å². The van der Waals surface area contributed by atoms with Crippen LogP contribution in [0.4, 0.5) is 5.82 Å². The van der Waals surface area contributed by atoms with Gasteiger partial charge in [0.15, 0.2) is 11.5 Å². The first kappa shape index (κ1) is 20.7. The second kappa shape index (κ2) is 9.95. The van der Waals surface area contributed by atoms with E-state index in [1.165, 1.54) is 18.0 Å². The molecule has 7 nitrogen and oxygen atoms in total. The smallest absolute Gasteiger partial charge is 0.273 e. The predicted molar refractivity (Wildman–Crippen MR) is 119 cm³/mol. The first-order chi connectivity index (χ1) is 15.2. The summed E-state index contributed by atoms with van der Waals surface area (Å²) in [6.07, 6.45) is 4.64. The Labute approximate surface area is 181 Å². The number of nitrogens with one attached hydrogen (secondary N) is 2. The predicted octanol–water partition coefficient (Wildman–Crippen LogP) is 3.12. The molecule has 3 aromatic rings. The minimum absolute atomic E-state index is 0.0687. The maximum Gasteiger partial charge on any atom is 0.273 e. The number of likely N-dealkylation sites (tertiary alicyclic amines) is 1. The molecule has 158 valence electrons. The van der Waals surface area contributed by atoms with Crippen molar-refractivity contribution >= 4 is 17.6 Å². The highest BCUT2D eigenvalue weighted by Gasteiger charge is 2.24. The third kappa shape index (κ3) is 5.52. The van der Waals surface area contributed by atoms with E-state index in [9.17, 15) is 9.59 Å². The van der Waals surface area contributed by atoms with Crippen LogP contribution < -0.4 is 10.6 Å². The van der Waals surface area contributed by atoms with Crippen molar-refractivity contribution in [3.8, 4) is 0 Å². The van der Waals surface area contributed by atoms with E-state index in [2.05, 4.69) is 49.8 Å². The van der Waals surface area contributed by atoms with Crippen LogP contribution in [0.25, 0.3) is 0 Å². The molecule has 0 bridgehead atoms. The van der Waals surface area contributed by atoms with Gasteiger partial charge in [-0.2, -0.15) is 0 Å². The molecule has 7 heteroatoms. The fourth-order valence-corrected chi connectivity index (χ4v) is 3.70. The Morgan fingerprint density at radius 3 is 2.23 bits per heavy atom. The first-order valence-corrected chi connectivity index (χ1v) is 10.4. The lowest BCUT2D eigenvalue weighted by atomic mass is 10.0. The zero-order valence-corrected chi connectivity index (χ0v) is 17.2. The number of carbonyl (C=O) groups excluding carboxylic acids is 2. The average Bonchev–Trinajstić information content (AvgIpc) is 2.82. The van der Waals surface area contributed by atoms with E-state index in [1.54, 1.807) is 24.3 Å². The molecule has 0 spiro atoms. The number of nitrogens with zero attached hydrogens (tertiary/aromatic N) is 3. The zero-order valence-electron chi connectivity index (χ0n) is 17.2. The van der Waals surface area contributed by atoms with Crippen molar-refractivity contribution in [2.45, 2.75) is 25.4 Å². The lowest BCUT2D eigenvalue weighted by Gasteiger charge is -2.32. The molecule has 0 unspecified atom stereocenters. The maximum atomic E-state index is 12.8. The van der Waals surface area contributed by atoms with Crippen LogP contribution >= 0.6 is 0 Å². The summed E-state index contributed by atoms with van der Waals surface area (Å²) in [5.41, 5.74) is 1.91. The van der Waals surface area contributed by atoms with Gasteiger partial charge in [-0.3, -0.25) is 14.5 Å². The van der Waals surface area contributed by atoms with Crippen molar-refractivity contribution in [2.24, 2.45) is 0 Å². The van der Waals surface area contributed by atoms with Crippen LogP contribution in [-0.4, -0.2) is 45.8 Å². The van der Waals surface area contributed by atoms with Crippen LogP contribution in [0.2, 0.25) is 0 Å². The highest BCUT2D eigenvalue weighted by atomic mass is 16.2. The summed E-state index contributed by atoms with van der Waals surface area (Å²) in [7, 11) is 0. The molecule has 0 radical (unpaired) electrons. The fourth-order valence-electron chi connectivity index (χ4n) is 3.70. The number of carbonyl (C=O) groups is 2. The molecule has 0 aliphatic carbocycles. The van der Waals surface area contributed by atoms with Crippen molar-refractivity contribution in [2.75, 3.05) is 18.4 Å². The number of hydrogen-bond donors (Lipinski definition) is 2. The summed E-state index contributed by atoms with van der Waals surface area (Å²) in [4.78, 5) is 36.0. The highest BCUT2D eigenvalue weighted by Crippen LogP contribution is 2.16. The summed E-state index contributed by atoms with van der Waals surface area (Å²) in [5, 5.41) is 5.75. The van der Waals surface area contributed by atoms with Crippen molar-refractivity contribution < 1.29 is 9.59 Å². The number of piperidine rings is 1. The number of rotatable bonds is 6. The Hall–Kier alpha value is -3.58. The highest BCUT2D eigenvalue weighted by molar-refractivity contribution is 6.07. The molecule has 2 heterocycles. The van der Waals surface area contributed by atoms with Gasteiger partial charge in [0.25, 0.3) is 11.8 Å². The van der Waals surface area contributed by atoms with E-state index in [0.29, 0.717) is 5.56 Å². The molecule has 0 saturated carbocycles. The van der Waals surface area contributed by atoms with Crippen LogP contribution in [0.5, 0.6) is 0 Å². The quantitative estimate of drug-likeness (QED) is 0.646. The van der Waals surface area contributed by atoms with Gasteiger partial charge in [-0.15, -0.1) is 0 Å². The zero-order chi connectivity index (χ0) is 21.5. The molecule has 1 fully saturated rings. The average molecular weight is 415 g/mol. The number of anilines is 1. The van der Waals surface area contributed by atoms with E-state index in [4.69, 9.17) is 0 Å². The Morgan fingerprint density at radius 1 is 0.871 bits per heavy atom. The summed E-state index contributed by atoms with van der Waals surface area (Å²) in [5.74, 6) is -0.488. The van der Waals surface area contributed by atoms with Crippen LogP contribution in [0, 0.1) is 0 Å². The maximum absolute atomic E-state index is 12.8. The van der Waals surface area contributed by atoms with E-state index in [1.807, 2.05) is 12.1 Å². The van der Waals surface area contributed by atoms with Gasteiger partial charge in [0.1, 0.15) is 0 Å². The Balaban J connectivity index is 1.34. The van der Waals surface area contributed by atoms with Gasteiger partial charge in [0.2, 0.25) is 0 Å².